The summed E-state index contributed by atoms with van der Waals surface area (Å²) in [5.74, 6) is -1.34. The van der Waals surface area contributed by atoms with Gasteiger partial charge in [0, 0.05) is 11.5 Å². The lowest BCUT2D eigenvalue weighted by Crippen LogP contribution is -2.23. The lowest BCUT2D eigenvalue weighted by molar-refractivity contribution is -0.119. The number of carbonyl (C=O) groups excluding carboxylic acids is 2. The van der Waals surface area contributed by atoms with Crippen LogP contribution in [0.1, 0.15) is 22.8 Å². The molecule has 0 saturated carbocycles. The minimum absolute atomic E-state index is 0.0200. The molecule has 24 heavy (non-hydrogen) atoms. The molecule has 0 spiro atoms. The number of ether oxygens (including phenoxy) is 1. The highest BCUT2D eigenvalue weighted by molar-refractivity contribution is 5.95. The predicted octanol–water partition coefficient (Wildman–Crippen LogP) is 2.75. The third kappa shape index (κ3) is 4.32. The van der Waals surface area contributed by atoms with Crippen LogP contribution in [0.3, 0.4) is 0 Å². The lowest BCUT2D eigenvalue weighted by Gasteiger charge is -2.13. The number of primary amides is 1. The second-order valence-corrected chi connectivity index (χ2v) is 5.50. The van der Waals surface area contributed by atoms with E-state index in [-0.39, 0.29) is 23.1 Å². The van der Waals surface area contributed by atoms with Crippen LogP contribution in [0.25, 0.3) is 0 Å². The summed E-state index contributed by atoms with van der Waals surface area (Å²) in [6.45, 7) is 1.76. The highest BCUT2D eigenvalue weighted by atomic mass is 19.1. The zero-order valence-electron chi connectivity index (χ0n) is 13.5. The zero-order chi connectivity index (χ0) is 17.7. The van der Waals surface area contributed by atoms with Crippen LogP contribution in [-0.2, 0) is 11.2 Å². The molecule has 2 amide bonds. The molecular weight excluding hydrogens is 311 g/mol. The molecule has 0 aliphatic heterocycles. The summed E-state index contributed by atoms with van der Waals surface area (Å²) in [6.07, 6.45) is 0.511. The number of hydrogen-bond acceptors (Lipinski definition) is 3. The molecule has 6 heteroatoms. The van der Waals surface area contributed by atoms with E-state index in [9.17, 15) is 14.0 Å². The highest BCUT2D eigenvalue weighted by Crippen LogP contribution is 2.19. The number of methoxy groups -OCH3 is 1. The van der Waals surface area contributed by atoms with Gasteiger partial charge < -0.3 is 15.8 Å². The van der Waals surface area contributed by atoms with Crippen molar-refractivity contribution in [2.75, 3.05) is 12.4 Å². The van der Waals surface area contributed by atoms with E-state index in [0.29, 0.717) is 6.42 Å². The Hall–Kier alpha value is -2.89. The van der Waals surface area contributed by atoms with E-state index in [1.54, 1.807) is 14.0 Å². The van der Waals surface area contributed by atoms with E-state index in [4.69, 9.17) is 10.5 Å². The van der Waals surface area contributed by atoms with Gasteiger partial charge in [0.15, 0.2) is 0 Å². The molecule has 5 nitrogen and oxygen atoms in total. The Morgan fingerprint density at radius 3 is 2.42 bits per heavy atom. The number of anilines is 1. The summed E-state index contributed by atoms with van der Waals surface area (Å²) in [7, 11) is 1.59. The first-order valence-electron chi connectivity index (χ1n) is 7.44. The maximum absolute atomic E-state index is 13.9. The Kier molecular flexibility index (Phi) is 5.52. The third-order valence-electron chi connectivity index (χ3n) is 3.66. The first-order chi connectivity index (χ1) is 11.4. The van der Waals surface area contributed by atoms with Crippen LogP contribution < -0.4 is 15.8 Å². The van der Waals surface area contributed by atoms with Gasteiger partial charge in [-0.3, -0.25) is 9.59 Å². The SMILES string of the molecule is COc1ccc(C[C@@H](C)C(=O)Nc2ccc(C(N)=O)cc2F)cc1. The quantitative estimate of drug-likeness (QED) is 0.854. The average Bonchev–Trinajstić information content (AvgIpc) is 2.57. The Morgan fingerprint density at radius 1 is 1.21 bits per heavy atom. The van der Waals surface area contributed by atoms with Crippen molar-refractivity contribution in [2.24, 2.45) is 11.7 Å². The van der Waals surface area contributed by atoms with Crippen molar-refractivity contribution in [1.29, 1.82) is 0 Å². The van der Waals surface area contributed by atoms with E-state index in [2.05, 4.69) is 5.32 Å². The lowest BCUT2D eigenvalue weighted by atomic mass is 10.00. The largest absolute Gasteiger partial charge is 0.497 e. The van der Waals surface area contributed by atoms with Crippen molar-refractivity contribution >= 4 is 17.5 Å². The number of amides is 2. The van der Waals surface area contributed by atoms with Gasteiger partial charge in [0.1, 0.15) is 11.6 Å². The fourth-order valence-corrected chi connectivity index (χ4v) is 2.23. The fourth-order valence-electron chi connectivity index (χ4n) is 2.23. The topological polar surface area (TPSA) is 81.4 Å². The molecule has 0 aliphatic rings. The molecule has 126 valence electrons. The van der Waals surface area contributed by atoms with Gasteiger partial charge in [0.2, 0.25) is 11.8 Å². The van der Waals surface area contributed by atoms with E-state index in [1.165, 1.54) is 12.1 Å². The zero-order valence-corrected chi connectivity index (χ0v) is 13.5. The van der Waals surface area contributed by atoms with Crippen molar-refractivity contribution in [1.82, 2.24) is 0 Å². The minimum atomic E-state index is -0.723. The van der Waals surface area contributed by atoms with Crippen molar-refractivity contribution in [3.8, 4) is 5.75 Å². The molecule has 2 aromatic carbocycles. The van der Waals surface area contributed by atoms with Crippen LogP contribution in [0.5, 0.6) is 5.75 Å². The Labute approximate surface area is 139 Å². The number of halogens is 1. The Balaban J connectivity index is 2.01. The van der Waals surface area contributed by atoms with Crippen LogP contribution in [-0.4, -0.2) is 18.9 Å². The van der Waals surface area contributed by atoms with Crippen LogP contribution in [0, 0.1) is 11.7 Å². The Bertz CT molecular complexity index is 744. The van der Waals surface area contributed by atoms with Gasteiger partial charge in [-0.05, 0) is 42.3 Å². The number of rotatable bonds is 6. The first-order valence-corrected chi connectivity index (χ1v) is 7.44. The number of carbonyl (C=O) groups is 2. The summed E-state index contributed by atoms with van der Waals surface area (Å²) in [5, 5.41) is 2.53. The molecule has 0 fully saturated rings. The molecule has 0 saturated heterocycles. The van der Waals surface area contributed by atoms with E-state index in [1.807, 2.05) is 24.3 Å². The number of benzene rings is 2. The van der Waals surface area contributed by atoms with Crippen LogP contribution >= 0.6 is 0 Å². The van der Waals surface area contributed by atoms with Gasteiger partial charge in [-0.25, -0.2) is 4.39 Å². The van der Waals surface area contributed by atoms with Crippen molar-refractivity contribution in [3.63, 3.8) is 0 Å². The molecule has 0 aliphatic carbocycles. The van der Waals surface area contributed by atoms with Gasteiger partial charge in [0.05, 0.1) is 12.8 Å². The number of nitrogens with one attached hydrogen (secondary N) is 1. The molecule has 0 radical (unpaired) electrons. The molecule has 1 atom stereocenters. The van der Waals surface area contributed by atoms with Gasteiger partial charge in [-0.2, -0.15) is 0 Å². The molecule has 2 rings (SSSR count). The van der Waals surface area contributed by atoms with Gasteiger partial charge >= 0.3 is 0 Å². The maximum atomic E-state index is 13.9. The van der Waals surface area contributed by atoms with E-state index >= 15 is 0 Å². The standard InChI is InChI=1S/C18H19FN2O3/c1-11(9-12-3-6-14(24-2)7-4-12)18(23)21-16-8-5-13(17(20)22)10-15(16)19/h3-8,10-11H,9H2,1-2H3,(H2,20,22)(H,21,23)/t11-/m1/s1. The van der Waals surface area contributed by atoms with Crippen molar-refractivity contribution < 1.29 is 18.7 Å². The Morgan fingerprint density at radius 2 is 1.88 bits per heavy atom. The first kappa shape index (κ1) is 17.5. The number of nitrogens with two attached hydrogens (primary N) is 1. The monoisotopic (exact) mass is 330 g/mol. The molecule has 3 N–H and O–H groups in total. The smallest absolute Gasteiger partial charge is 0.248 e. The predicted molar refractivity (Wildman–Crippen MR) is 89.4 cm³/mol. The third-order valence-corrected chi connectivity index (χ3v) is 3.66. The van der Waals surface area contributed by atoms with Crippen LogP contribution in [0.15, 0.2) is 42.5 Å². The van der Waals surface area contributed by atoms with Gasteiger partial charge in [0.25, 0.3) is 0 Å². The highest BCUT2D eigenvalue weighted by Gasteiger charge is 2.16. The second kappa shape index (κ2) is 7.59. The van der Waals surface area contributed by atoms with Crippen molar-refractivity contribution in [3.05, 3.63) is 59.4 Å². The van der Waals surface area contributed by atoms with E-state index < -0.39 is 11.7 Å². The summed E-state index contributed by atoms with van der Waals surface area (Å²) >= 11 is 0. The van der Waals surface area contributed by atoms with Gasteiger partial charge in [-0.1, -0.05) is 19.1 Å². The number of hydrogen-bond donors (Lipinski definition) is 2. The average molecular weight is 330 g/mol. The van der Waals surface area contributed by atoms with Crippen LogP contribution in [0.2, 0.25) is 0 Å². The molecule has 0 aromatic heterocycles. The molecule has 2 aromatic rings. The normalized spacial score (nSPS) is 11.6. The molecule has 0 heterocycles. The van der Waals surface area contributed by atoms with Crippen molar-refractivity contribution in [2.45, 2.75) is 13.3 Å². The summed E-state index contributed by atoms with van der Waals surface area (Å²) in [6, 6.07) is 11.1. The van der Waals surface area contributed by atoms with Crippen LogP contribution in [0.4, 0.5) is 10.1 Å². The second-order valence-electron chi connectivity index (χ2n) is 5.50. The summed E-state index contributed by atoms with van der Waals surface area (Å²) in [5.41, 5.74) is 6.13. The van der Waals surface area contributed by atoms with E-state index in [0.717, 1.165) is 17.4 Å². The summed E-state index contributed by atoms with van der Waals surface area (Å²) in [4.78, 5) is 23.2. The molecule has 0 bridgehead atoms. The molecular formula is C18H19FN2O3. The minimum Gasteiger partial charge on any atom is -0.497 e. The fraction of sp³-hybridized carbons (Fsp3) is 0.222. The summed E-state index contributed by atoms with van der Waals surface area (Å²) < 4.78 is 19.0. The molecule has 0 unspecified atom stereocenters. The van der Waals surface area contributed by atoms with Gasteiger partial charge in [-0.15, -0.1) is 0 Å². The maximum Gasteiger partial charge on any atom is 0.248 e.